The summed E-state index contributed by atoms with van der Waals surface area (Å²) in [6.07, 6.45) is 5.92. The predicted octanol–water partition coefficient (Wildman–Crippen LogP) is 3.63. The molecular formula is C17H19ClN2O3S. The fourth-order valence-electron chi connectivity index (χ4n) is 2.49. The fourth-order valence-corrected chi connectivity index (χ4v) is 3.16. The minimum atomic E-state index is -1.00. The molecule has 1 unspecified atom stereocenters. The van der Waals surface area contributed by atoms with Crippen LogP contribution >= 0.6 is 23.4 Å². The molecule has 1 amide bonds. The van der Waals surface area contributed by atoms with E-state index in [0.29, 0.717) is 16.3 Å². The van der Waals surface area contributed by atoms with Crippen molar-refractivity contribution in [3.05, 3.63) is 29.4 Å². The van der Waals surface area contributed by atoms with E-state index in [4.69, 9.17) is 21.1 Å². The number of thioether (sulfide) groups is 1. The van der Waals surface area contributed by atoms with Gasteiger partial charge in [0.25, 0.3) is 12.2 Å². The Morgan fingerprint density at radius 2 is 2.21 bits per heavy atom. The lowest BCUT2D eigenvalue weighted by Crippen LogP contribution is -2.47. The van der Waals surface area contributed by atoms with Crippen LogP contribution in [0, 0.1) is 0 Å². The second-order valence-electron chi connectivity index (χ2n) is 5.67. The zero-order valence-corrected chi connectivity index (χ0v) is 15.1. The number of fused-ring (bicyclic) bond motifs is 1. The highest BCUT2D eigenvalue weighted by molar-refractivity contribution is 7.98. The Bertz CT molecular complexity index is 752. The minimum absolute atomic E-state index is 0.229. The molecule has 0 spiro atoms. The number of ether oxygens (including phenoxy) is 2. The Balaban J connectivity index is 1.80. The van der Waals surface area contributed by atoms with Gasteiger partial charge in [-0.2, -0.15) is 0 Å². The van der Waals surface area contributed by atoms with Gasteiger partial charge in [0.15, 0.2) is 0 Å². The normalized spacial score (nSPS) is 15.8. The van der Waals surface area contributed by atoms with Crippen LogP contribution in [-0.4, -0.2) is 36.6 Å². The monoisotopic (exact) mass is 366 g/mol. The van der Waals surface area contributed by atoms with Crippen LogP contribution < -0.4 is 10.1 Å². The van der Waals surface area contributed by atoms with Crippen LogP contribution in [0.2, 0.25) is 5.02 Å². The first-order chi connectivity index (χ1) is 11.6. The van der Waals surface area contributed by atoms with Crippen molar-refractivity contribution in [3.8, 4) is 5.75 Å². The van der Waals surface area contributed by atoms with E-state index >= 15 is 0 Å². The van der Waals surface area contributed by atoms with Crippen LogP contribution in [0.25, 0.3) is 10.9 Å². The predicted molar refractivity (Wildman–Crippen MR) is 95.7 cm³/mol. The van der Waals surface area contributed by atoms with Crippen LogP contribution in [-0.2, 0) is 9.53 Å². The molecule has 0 bridgehead atoms. The van der Waals surface area contributed by atoms with Crippen LogP contribution in [0.15, 0.2) is 29.3 Å². The van der Waals surface area contributed by atoms with Gasteiger partial charge in [-0.3, -0.25) is 9.78 Å². The van der Waals surface area contributed by atoms with E-state index in [2.05, 4.69) is 10.3 Å². The van der Waals surface area contributed by atoms with E-state index in [9.17, 15) is 4.79 Å². The Labute approximate surface area is 150 Å². The molecule has 1 aromatic heterocycles. The van der Waals surface area contributed by atoms with E-state index in [-0.39, 0.29) is 11.9 Å². The maximum atomic E-state index is 12.2. The number of benzene rings is 1. The Morgan fingerprint density at radius 1 is 1.42 bits per heavy atom. The highest BCUT2D eigenvalue weighted by Crippen LogP contribution is 2.30. The molecule has 0 radical (unpaired) electrons. The highest BCUT2D eigenvalue weighted by Gasteiger charge is 2.26. The number of nitrogens with one attached hydrogen (secondary N) is 1. The number of halogens is 1. The quantitative estimate of drug-likeness (QED) is 0.624. The van der Waals surface area contributed by atoms with E-state index in [1.807, 2.05) is 18.4 Å². The number of hydrogen-bond acceptors (Lipinski definition) is 5. The number of hydrogen-bond donors (Lipinski definition) is 1. The molecule has 1 fully saturated rings. The van der Waals surface area contributed by atoms with E-state index in [0.717, 1.165) is 29.5 Å². The van der Waals surface area contributed by atoms with Gasteiger partial charge < -0.3 is 14.8 Å². The summed E-state index contributed by atoms with van der Waals surface area (Å²) < 4.78 is 10.9. The number of amides is 1. The first-order valence-electron chi connectivity index (χ1n) is 7.74. The molecule has 0 saturated heterocycles. The van der Waals surface area contributed by atoms with Gasteiger partial charge in [-0.25, -0.2) is 0 Å². The Morgan fingerprint density at radius 3 is 2.83 bits per heavy atom. The smallest absolute Gasteiger partial charge is 0.289 e. The lowest BCUT2D eigenvalue weighted by Gasteiger charge is -2.28. The molecule has 1 aliphatic rings. The zero-order chi connectivity index (χ0) is 17.1. The molecule has 24 heavy (non-hydrogen) atoms. The molecule has 1 aromatic carbocycles. The highest BCUT2D eigenvalue weighted by atomic mass is 35.5. The van der Waals surface area contributed by atoms with Crippen molar-refractivity contribution in [1.82, 2.24) is 10.3 Å². The Kier molecular flexibility index (Phi) is 5.48. The van der Waals surface area contributed by atoms with Crippen LogP contribution in [0.1, 0.15) is 19.3 Å². The molecule has 1 atom stereocenters. The van der Waals surface area contributed by atoms with E-state index in [1.165, 1.54) is 7.11 Å². The third kappa shape index (κ3) is 3.77. The molecule has 3 rings (SSSR count). The number of carbonyl (C=O) groups excluding carboxylic acids is 1. The first kappa shape index (κ1) is 17.3. The summed E-state index contributed by atoms with van der Waals surface area (Å²) in [7, 11) is 1.45. The fraction of sp³-hybridized carbons (Fsp3) is 0.412. The second kappa shape index (κ2) is 7.59. The van der Waals surface area contributed by atoms with Crippen molar-refractivity contribution in [2.75, 3.05) is 13.4 Å². The number of methoxy groups -OCH3 is 1. The number of rotatable bonds is 6. The largest absolute Gasteiger partial charge is 0.455 e. The van der Waals surface area contributed by atoms with Crippen molar-refractivity contribution in [1.29, 1.82) is 0 Å². The number of aromatic nitrogens is 1. The standard InChI is InChI=1S/C17H19ClN2O3S/c1-22-17(16(21)20-11-4-3-5-11)23-12-6-10-7-13(24-2)9-19-15(10)14(18)8-12/h6-9,11,17H,3-5H2,1-2H3,(H,20,21). The minimum Gasteiger partial charge on any atom is -0.455 e. The van der Waals surface area contributed by atoms with Gasteiger partial charge in [0.05, 0.1) is 10.5 Å². The van der Waals surface area contributed by atoms with Crippen molar-refractivity contribution in [2.45, 2.75) is 36.5 Å². The molecule has 0 aliphatic heterocycles. The third-order valence-electron chi connectivity index (χ3n) is 4.04. The van der Waals surface area contributed by atoms with Gasteiger partial charge in [-0.05, 0) is 37.7 Å². The van der Waals surface area contributed by atoms with E-state index in [1.54, 1.807) is 24.0 Å². The Hall–Kier alpha value is -1.50. The summed E-state index contributed by atoms with van der Waals surface area (Å²) in [5.74, 6) is 0.206. The van der Waals surface area contributed by atoms with Crippen molar-refractivity contribution in [2.24, 2.45) is 0 Å². The zero-order valence-electron chi connectivity index (χ0n) is 13.5. The van der Waals surface area contributed by atoms with Crippen LogP contribution in [0.3, 0.4) is 0 Å². The van der Waals surface area contributed by atoms with Crippen molar-refractivity contribution >= 4 is 40.2 Å². The van der Waals surface area contributed by atoms with Crippen molar-refractivity contribution < 1.29 is 14.3 Å². The molecule has 2 aromatic rings. The molecule has 1 heterocycles. The molecule has 5 nitrogen and oxygen atoms in total. The average molecular weight is 367 g/mol. The molecule has 1 saturated carbocycles. The van der Waals surface area contributed by atoms with Gasteiger partial charge in [0.2, 0.25) is 0 Å². The molecule has 7 heteroatoms. The van der Waals surface area contributed by atoms with E-state index < -0.39 is 6.29 Å². The van der Waals surface area contributed by atoms with Gasteiger partial charge in [-0.15, -0.1) is 11.8 Å². The first-order valence-corrected chi connectivity index (χ1v) is 9.34. The summed E-state index contributed by atoms with van der Waals surface area (Å²) in [5.41, 5.74) is 0.703. The molecule has 1 N–H and O–H groups in total. The average Bonchev–Trinajstić information content (AvgIpc) is 2.55. The number of pyridine rings is 1. The summed E-state index contributed by atoms with van der Waals surface area (Å²) in [6.45, 7) is 0. The lowest BCUT2D eigenvalue weighted by molar-refractivity contribution is -0.149. The summed E-state index contributed by atoms with van der Waals surface area (Å²) >= 11 is 7.89. The van der Waals surface area contributed by atoms with Gasteiger partial charge in [-0.1, -0.05) is 11.6 Å². The van der Waals surface area contributed by atoms with Crippen LogP contribution in [0.4, 0.5) is 0 Å². The SMILES string of the molecule is COC(Oc1cc(Cl)c2ncc(SC)cc2c1)C(=O)NC1CCC1. The summed E-state index contributed by atoms with van der Waals surface area (Å²) in [4.78, 5) is 17.6. The summed E-state index contributed by atoms with van der Waals surface area (Å²) in [5, 5.41) is 4.26. The molecule has 1 aliphatic carbocycles. The summed E-state index contributed by atoms with van der Waals surface area (Å²) in [6, 6.07) is 5.68. The number of carbonyl (C=O) groups is 1. The van der Waals surface area contributed by atoms with Crippen molar-refractivity contribution in [3.63, 3.8) is 0 Å². The van der Waals surface area contributed by atoms with Gasteiger partial charge in [0.1, 0.15) is 5.75 Å². The third-order valence-corrected chi connectivity index (χ3v) is 5.03. The second-order valence-corrected chi connectivity index (χ2v) is 6.96. The molecular weight excluding hydrogens is 348 g/mol. The van der Waals surface area contributed by atoms with Gasteiger partial charge >= 0.3 is 0 Å². The maximum absolute atomic E-state index is 12.2. The lowest BCUT2D eigenvalue weighted by atomic mass is 9.93. The number of nitrogens with zero attached hydrogens (tertiary/aromatic N) is 1. The maximum Gasteiger partial charge on any atom is 0.289 e. The molecule has 128 valence electrons. The van der Waals surface area contributed by atoms with Gasteiger partial charge in [0, 0.05) is 35.7 Å². The van der Waals surface area contributed by atoms with Crippen LogP contribution in [0.5, 0.6) is 5.75 Å². The topological polar surface area (TPSA) is 60.5 Å².